The highest BCUT2D eigenvalue weighted by Crippen LogP contribution is 2.44. The molecule has 1 aliphatic rings. The second-order valence-electron chi connectivity index (χ2n) is 6.88. The summed E-state index contributed by atoms with van der Waals surface area (Å²) in [6.07, 6.45) is 4.27. The van der Waals surface area contributed by atoms with Crippen molar-refractivity contribution in [3.8, 4) is 11.1 Å². The Morgan fingerprint density at radius 2 is 1.70 bits per heavy atom. The molecule has 0 saturated heterocycles. The minimum absolute atomic E-state index is 0.0154. The van der Waals surface area contributed by atoms with Crippen LogP contribution in [-0.2, 0) is 4.74 Å². The maximum Gasteiger partial charge on any atom is 0.407 e. The molecule has 3 aromatic rings. The van der Waals surface area contributed by atoms with Crippen molar-refractivity contribution in [2.75, 3.05) is 13.2 Å². The molecular weight excluding hydrogens is 380 g/mol. The van der Waals surface area contributed by atoms with Gasteiger partial charge in [0.15, 0.2) is 0 Å². The van der Waals surface area contributed by atoms with Crippen LogP contribution in [0.3, 0.4) is 0 Å². The van der Waals surface area contributed by atoms with Gasteiger partial charge >= 0.3 is 12.1 Å². The van der Waals surface area contributed by atoms with Crippen LogP contribution in [0.4, 0.5) is 4.79 Å². The third kappa shape index (κ3) is 4.07. The highest BCUT2D eigenvalue weighted by atomic mass is 16.5. The van der Waals surface area contributed by atoms with Crippen LogP contribution in [0.1, 0.15) is 33.1 Å². The van der Waals surface area contributed by atoms with Gasteiger partial charge in [-0.05, 0) is 40.5 Å². The molecule has 0 spiro atoms. The molecule has 1 heterocycles. The second kappa shape index (κ2) is 8.61. The highest BCUT2D eigenvalue weighted by molar-refractivity contribution is 5.88. The summed E-state index contributed by atoms with van der Waals surface area (Å²) in [6.45, 7) is 0.501. The van der Waals surface area contributed by atoms with Crippen molar-refractivity contribution in [1.82, 2.24) is 10.3 Å². The first-order valence-corrected chi connectivity index (χ1v) is 9.58. The Bertz CT molecular complexity index is 1080. The van der Waals surface area contributed by atoms with E-state index in [2.05, 4.69) is 34.6 Å². The number of rotatable bonds is 6. The normalized spacial score (nSPS) is 12.4. The Morgan fingerprint density at radius 3 is 2.37 bits per heavy atom. The van der Waals surface area contributed by atoms with Gasteiger partial charge in [0.1, 0.15) is 6.61 Å². The fraction of sp³-hybridized carbons (Fsp3) is 0.125. The maximum absolute atomic E-state index is 12.1. The average molecular weight is 400 g/mol. The first kappa shape index (κ1) is 19.4. The van der Waals surface area contributed by atoms with Crippen molar-refractivity contribution in [3.63, 3.8) is 0 Å². The van der Waals surface area contributed by atoms with Gasteiger partial charge in [-0.3, -0.25) is 4.98 Å². The summed E-state index contributed by atoms with van der Waals surface area (Å²) < 4.78 is 5.47. The minimum atomic E-state index is -1.01. The SMILES string of the molecule is O=C(NCC=Cc1cc(C(=O)O)ccn1)OCC1c2ccccc2-c2ccccc21. The number of fused-ring (bicyclic) bond motifs is 3. The van der Waals surface area contributed by atoms with Crippen LogP contribution >= 0.6 is 0 Å². The van der Waals surface area contributed by atoms with Crippen molar-refractivity contribution in [1.29, 1.82) is 0 Å². The molecule has 150 valence electrons. The molecule has 4 rings (SSSR count). The van der Waals surface area contributed by atoms with E-state index in [0.717, 1.165) is 11.1 Å². The molecule has 6 heteroatoms. The van der Waals surface area contributed by atoms with Gasteiger partial charge in [0.2, 0.25) is 0 Å². The van der Waals surface area contributed by atoms with Crippen LogP contribution in [0, 0.1) is 0 Å². The van der Waals surface area contributed by atoms with Gasteiger partial charge in [0.25, 0.3) is 0 Å². The van der Waals surface area contributed by atoms with E-state index in [0.29, 0.717) is 5.69 Å². The number of hydrogen-bond donors (Lipinski definition) is 2. The van der Waals surface area contributed by atoms with Crippen molar-refractivity contribution in [2.45, 2.75) is 5.92 Å². The Kier molecular flexibility index (Phi) is 5.57. The lowest BCUT2D eigenvalue weighted by molar-refractivity contribution is 0.0696. The van der Waals surface area contributed by atoms with Gasteiger partial charge in [-0.15, -0.1) is 0 Å². The number of amides is 1. The van der Waals surface area contributed by atoms with Crippen molar-refractivity contribution in [2.24, 2.45) is 0 Å². The number of aromatic nitrogens is 1. The van der Waals surface area contributed by atoms with Crippen LogP contribution in [0.15, 0.2) is 72.9 Å². The van der Waals surface area contributed by atoms with E-state index in [1.807, 2.05) is 24.3 Å². The summed E-state index contributed by atoms with van der Waals surface area (Å²) in [4.78, 5) is 27.2. The Labute approximate surface area is 173 Å². The molecule has 0 saturated carbocycles. The monoisotopic (exact) mass is 400 g/mol. The smallest absolute Gasteiger partial charge is 0.407 e. The highest BCUT2D eigenvalue weighted by Gasteiger charge is 2.28. The fourth-order valence-corrected chi connectivity index (χ4v) is 3.64. The summed E-state index contributed by atoms with van der Waals surface area (Å²) in [5, 5.41) is 11.7. The summed E-state index contributed by atoms with van der Waals surface area (Å²) in [5.41, 5.74) is 5.35. The lowest BCUT2D eigenvalue weighted by Gasteiger charge is -2.14. The van der Waals surface area contributed by atoms with E-state index < -0.39 is 12.1 Å². The molecule has 2 N–H and O–H groups in total. The number of alkyl carbamates (subject to hydrolysis) is 1. The first-order chi connectivity index (χ1) is 14.6. The third-order valence-corrected chi connectivity index (χ3v) is 5.02. The average Bonchev–Trinajstić information content (AvgIpc) is 3.09. The zero-order chi connectivity index (χ0) is 20.9. The predicted octanol–water partition coefficient (Wildman–Crippen LogP) is 4.33. The molecule has 1 aromatic heterocycles. The largest absolute Gasteiger partial charge is 0.478 e. The number of benzene rings is 2. The molecule has 1 aliphatic carbocycles. The lowest BCUT2D eigenvalue weighted by Crippen LogP contribution is -2.26. The Hall–Kier alpha value is -3.93. The summed E-state index contributed by atoms with van der Waals surface area (Å²) in [7, 11) is 0. The molecule has 0 atom stereocenters. The van der Waals surface area contributed by atoms with E-state index >= 15 is 0 Å². The van der Waals surface area contributed by atoms with E-state index in [1.165, 1.54) is 29.5 Å². The van der Waals surface area contributed by atoms with E-state index in [9.17, 15) is 9.59 Å². The standard InChI is InChI=1S/C24H20N2O4/c27-23(28)16-11-13-25-17(14-16)6-5-12-26-24(29)30-15-22-20-9-3-1-7-18(20)19-8-2-4-10-21(19)22/h1-11,13-14,22H,12,15H2,(H,26,29)(H,27,28). The van der Waals surface area contributed by atoms with Gasteiger partial charge < -0.3 is 15.2 Å². The topological polar surface area (TPSA) is 88.5 Å². The summed E-state index contributed by atoms with van der Waals surface area (Å²) >= 11 is 0. The number of carboxylic acids is 1. The fourth-order valence-electron chi connectivity index (χ4n) is 3.64. The van der Waals surface area contributed by atoms with Crippen molar-refractivity contribution < 1.29 is 19.4 Å². The molecule has 2 aromatic carbocycles. The van der Waals surface area contributed by atoms with Gasteiger partial charge in [-0.1, -0.05) is 54.6 Å². The van der Waals surface area contributed by atoms with Gasteiger partial charge in [-0.25, -0.2) is 9.59 Å². The maximum atomic E-state index is 12.1. The minimum Gasteiger partial charge on any atom is -0.478 e. The van der Waals surface area contributed by atoms with E-state index in [4.69, 9.17) is 9.84 Å². The molecule has 0 aliphatic heterocycles. The van der Waals surface area contributed by atoms with Crippen molar-refractivity contribution >= 4 is 18.1 Å². The first-order valence-electron chi connectivity index (χ1n) is 9.58. The third-order valence-electron chi connectivity index (χ3n) is 5.02. The molecule has 1 amide bonds. The molecule has 0 fully saturated rings. The number of ether oxygens (including phenoxy) is 1. The van der Waals surface area contributed by atoms with Gasteiger partial charge in [-0.2, -0.15) is 0 Å². The van der Waals surface area contributed by atoms with E-state index in [1.54, 1.807) is 12.2 Å². The second-order valence-corrected chi connectivity index (χ2v) is 6.88. The summed E-state index contributed by atoms with van der Waals surface area (Å²) in [5.74, 6) is -0.995. The van der Waals surface area contributed by atoms with Crippen LogP contribution in [-0.4, -0.2) is 35.3 Å². The summed E-state index contributed by atoms with van der Waals surface area (Å²) in [6, 6.07) is 19.2. The van der Waals surface area contributed by atoms with Crippen LogP contribution in [0.5, 0.6) is 0 Å². The Morgan fingerprint density at radius 1 is 1.03 bits per heavy atom. The zero-order valence-corrected chi connectivity index (χ0v) is 16.1. The lowest BCUT2D eigenvalue weighted by atomic mass is 9.98. The number of nitrogens with zero attached hydrogens (tertiary/aromatic N) is 1. The molecule has 0 radical (unpaired) electrons. The number of pyridine rings is 1. The van der Waals surface area contributed by atoms with Gasteiger partial charge in [0, 0.05) is 18.7 Å². The molecule has 30 heavy (non-hydrogen) atoms. The van der Waals surface area contributed by atoms with Crippen LogP contribution in [0.2, 0.25) is 0 Å². The molecule has 0 unspecified atom stereocenters. The number of carboxylic acid groups (broad SMARTS) is 1. The number of aromatic carboxylic acids is 1. The van der Waals surface area contributed by atoms with Gasteiger partial charge in [0.05, 0.1) is 11.3 Å². The molecule has 6 nitrogen and oxygen atoms in total. The number of carbonyl (C=O) groups excluding carboxylic acids is 1. The van der Waals surface area contributed by atoms with E-state index in [-0.39, 0.29) is 24.6 Å². The quantitative estimate of drug-likeness (QED) is 0.643. The predicted molar refractivity (Wildman–Crippen MR) is 113 cm³/mol. The molecule has 0 bridgehead atoms. The van der Waals surface area contributed by atoms with Crippen LogP contribution in [0.25, 0.3) is 17.2 Å². The zero-order valence-electron chi connectivity index (χ0n) is 16.1. The van der Waals surface area contributed by atoms with Crippen molar-refractivity contribution in [3.05, 3.63) is 95.3 Å². The Balaban J connectivity index is 1.32. The number of nitrogens with one attached hydrogen (secondary N) is 1. The molecular formula is C24H20N2O4. The number of hydrogen-bond acceptors (Lipinski definition) is 4. The van der Waals surface area contributed by atoms with Crippen LogP contribution < -0.4 is 5.32 Å². The number of carbonyl (C=O) groups is 2.